The average molecular weight is 278 g/mol. The van der Waals surface area contributed by atoms with Gasteiger partial charge in [0.2, 0.25) is 5.75 Å². The Morgan fingerprint density at radius 2 is 1.70 bits per heavy atom. The Kier molecular flexibility index (Phi) is 3.71. The third-order valence-electron chi connectivity index (χ3n) is 2.99. The number of hydrogen-bond donors (Lipinski definition) is 3. The van der Waals surface area contributed by atoms with E-state index in [-0.39, 0.29) is 0 Å². The summed E-state index contributed by atoms with van der Waals surface area (Å²) in [7, 11) is 4.63. The molecule has 7 nitrogen and oxygen atoms in total. The molecule has 1 atom stereocenters. The van der Waals surface area contributed by atoms with Crippen molar-refractivity contribution in [1.29, 1.82) is 0 Å². The number of benzene rings is 1. The van der Waals surface area contributed by atoms with Crippen molar-refractivity contribution in [2.24, 2.45) is 16.5 Å². The van der Waals surface area contributed by atoms with Crippen LogP contribution in [-0.4, -0.2) is 27.5 Å². The third-order valence-corrected chi connectivity index (χ3v) is 2.99. The summed E-state index contributed by atoms with van der Waals surface area (Å²) in [6, 6.07) is 3.50. The van der Waals surface area contributed by atoms with E-state index < -0.39 is 5.66 Å². The Bertz CT molecular complexity index is 546. The molecule has 1 unspecified atom stereocenters. The molecule has 0 fully saturated rings. The van der Waals surface area contributed by atoms with Gasteiger partial charge in [-0.2, -0.15) is 0 Å². The number of ether oxygens (including phenoxy) is 3. The molecule has 0 spiro atoms. The van der Waals surface area contributed by atoms with Crippen LogP contribution in [0.4, 0.5) is 0 Å². The van der Waals surface area contributed by atoms with Gasteiger partial charge in [-0.1, -0.05) is 0 Å². The molecule has 1 aromatic carbocycles. The highest BCUT2D eigenvalue weighted by Crippen LogP contribution is 2.40. The molecule has 1 aromatic rings. The number of nitrogens with zero attached hydrogens (tertiary/aromatic N) is 1. The highest BCUT2D eigenvalue weighted by atomic mass is 16.5. The number of nitrogens with two attached hydrogens (primary N) is 2. The third kappa shape index (κ3) is 2.35. The number of rotatable bonds is 4. The van der Waals surface area contributed by atoms with Crippen molar-refractivity contribution >= 4 is 6.21 Å². The Morgan fingerprint density at radius 3 is 2.15 bits per heavy atom. The van der Waals surface area contributed by atoms with Crippen molar-refractivity contribution in [2.75, 3.05) is 21.3 Å². The van der Waals surface area contributed by atoms with Gasteiger partial charge in [0, 0.05) is 11.8 Å². The molecule has 0 aromatic heterocycles. The number of aliphatic imine (C=N–C) groups is 1. The van der Waals surface area contributed by atoms with Gasteiger partial charge < -0.3 is 31.0 Å². The Morgan fingerprint density at radius 1 is 1.10 bits per heavy atom. The molecule has 5 N–H and O–H groups in total. The van der Waals surface area contributed by atoms with Crippen molar-refractivity contribution in [3.8, 4) is 17.2 Å². The maximum Gasteiger partial charge on any atom is 0.203 e. The smallest absolute Gasteiger partial charge is 0.203 e. The second kappa shape index (κ2) is 5.30. The molecule has 108 valence electrons. The summed E-state index contributed by atoms with van der Waals surface area (Å²) >= 11 is 0. The van der Waals surface area contributed by atoms with E-state index in [9.17, 15) is 0 Å². The van der Waals surface area contributed by atoms with Gasteiger partial charge in [-0.15, -0.1) is 0 Å². The first-order chi connectivity index (χ1) is 9.54. The van der Waals surface area contributed by atoms with Gasteiger partial charge in [0.1, 0.15) is 5.82 Å². The summed E-state index contributed by atoms with van der Waals surface area (Å²) in [6.07, 6.45) is 3.05. The van der Waals surface area contributed by atoms with E-state index in [0.717, 1.165) is 0 Å². The summed E-state index contributed by atoms with van der Waals surface area (Å²) < 4.78 is 15.9. The SMILES string of the molecule is COc1cc(C2(N)C=NC=C(N)N2)cc(OC)c1OC. The summed E-state index contributed by atoms with van der Waals surface area (Å²) in [4.78, 5) is 4.03. The predicted molar refractivity (Wildman–Crippen MR) is 75.9 cm³/mol. The van der Waals surface area contributed by atoms with E-state index in [2.05, 4.69) is 10.3 Å². The minimum absolute atomic E-state index is 0.378. The zero-order valence-corrected chi connectivity index (χ0v) is 11.6. The summed E-state index contributed by atoms with van der Waals surface area (Å²) in [6.45, 7) is 0. The van der Waals surface area contributed by atoms with Crippen molar-refractivity contribution < 1.29 is 14.2 Å². The molecule has 1 aliphatic rings. The zero-order chi connectivity index (χ0) is 14.8. The van der Waals surface area contributed by atoms with Gasteiger partial charge in [0.15, 0.2) is 17.2 Å². The molecule has 2 rings (SSSR count). The molecule has 0 aliphatic carbocycles. The first kappa shape index (κ1) is 14.0. The summed E-state index contributed by atoms with van der Waals surface area (Å²) in [5, 5.41) is 2.96. The van der Waals surface area contributed by atoms with Crippen LogP contribution < -0.4 is 31.0 Å². The van der Waals surface area contributed by atoms with E-state index in [1.165, 1.54) is 6.20 Å². The first-order valence-corrected chi connectivity index (χ1v) is 5.91. The van der Waals surface area contributed by atoms with Crippen LogP contribution in [0.3, 0.4) is 0 Å². The molecule has 20 heavy (non-hydrogen) atoms. The molecular formula is C13H18N4O3. The van der Waals surface area contributed by atoms with Crippen molar-refractivity contribution in [2.45, 2.75) is 5.66 Å². The van der Waals surface area contributed by atoms with Crippen LogP contribution in [0, 0.1) is 0 Å². The number of methoxy groups -OCH3 is 3. The van der Waals surface area contributed by atoms with Gasteiger partial charge >= 0.3 is 0 Å². The molecule has 0 saturated heterocycles. The van der Waals surface area contributed by atoms with Crippen LogP contribution in [0.5, 0.6) is 17.2 Å². The minimum Gasteiger partial charge on any atom is -0.493 e. The Labute approximate surface area is 117 Å². The topological polar surface area (TPSA) is 104 Å². The van der Waals surface area contributed by atoms with E-state index in [4.69, 9.17) is 25.7 Å². The average Bonchev–Trinajstić information content (AvgIpc) is 2.45. The zero-order valence-electron chi connectivity index (χ0n) is 11.6. The molecule has 0 radical (unpaired) electrons. The van der Waals surface area contributed by atoms with E-state index in [0.29, 0.717) is 28.6 Å². The van der Waals surface area contributed by atoms with Gasteiger partial charge in [-0.05, 0) is 12.1 Å². The van der Waals surface area contributed by atoms with Crippen LogP contribution in [0.25, 0.3) is 0 Å². The fourth-order valence-corrected chi connectivity index (χ4v) is 2.01. The minimum atomic E-state index is -1.04. The summed E-state index contributed by atoms with van der Waals surface area (Å²) in [5.41, 5.74) is 11.6. The van der Waals surface area contributed by atoms with E-state index >= 15 is 0 Å². The molecule has 0 amide bonds. The number of nitrogens with one attached hydrogen (secondary N) is 1. The number of hydrogen-bond acceptors (Lipinski definition) is 7. The lowest BCUT2D eigenvalue weighted by atomic mass is 9.99. The lowest BCUT2D eigenvalue weighted by Gasteiger charge is -2.31. The highest BCUT2D eigenvalue weighted by molar-refractivity contribution is 5.75. The standard InChI is InChI=1S/C13H18N4O3/c1-18-9-4-8(5-10(19-2)12(9)20-3)13(15)7-16-6-11(14)17-13/h4-7,17H,14-15H2,1-3H3. The summed E-state index contributed by atoms with van der Waals surface area (Å²) in [5.74, 6) is 1.90. The maximum atomic E-state index is 6.28. The van der Waals surface area contributed by atoms with Crippen LogP contribution >= 0.6 is 0 Å². The quantitative estimate of drug-likeness (QED) is 0.729. The van der Waals surface area contributed by atoms with E-state index in [1.807, 2.05) is 0 Å². The Balaban J connectivity index is 2.53. The van der Waals surface area contributed by atoms with Crippen molar-refractivity contribution in [3.63, 3.8) is 0 Å². The van der Waals surface area contributed by atoms with Crippen molar-refractivity contribution in [1.82, 2.24) is 5.32 Å². The fraction of sp³-hybridized carbons (Fsp3) is 0.308. The predicted octanol–water partition coefficient (Wildman–Crippen LogP) is 0.256. The van der Waals surface area contributed by atoms with E-state index in [1.54, 1.807) is 39.7 Å². The molecule has 0 saturated carbocycles. The molecule has 1 aliphatic heterocycles. The molecule has 0 bridgehead atoms. The molecular weight excluding hydrogens is 260 g/mol. The van der Waals surface area contributed by atoms with Gasteiger partial charge in [0.25, 0.3) is 0 Å². The van der Waals surface area contributed by atoms with Crippen LogP contribution in [0.1, 0.15) is 5.56 Å². The van der Waals surface area contributed by atoms with Crippen LogP contribution in [0.2, 0.25) is 0 Å². The fourth-order valence-electron chi connectivity index (χ4n) is 2.01. The molecule has 1 heterocycles. The maximum absolute atomic E-state index is 6.28. The second-order valence-electron chi connectivity index (χ2n) is 4.27. The highest BCUT2D eigenvalue weighted by Gasteiger charge is 2.30. The second-order valence-corrected chi connectivity index (χ2v) is 4.27. The van der Waals surface area contributed by atoms with Gasteiger partial charge in [-0.25, -0.2) is 0 Å². The van der Waals surface area contributed by atoms with Gasteiger partial charge in [0.05, 0.1) is 27.5 Å². The van der Waals surface area contributed by atoms with Crippen LogP contribution in [-0.2, 0) is 5.66 Å². The van der Waals surface area contributed by atoms with Crippen LogP contribution in [0.15, 0.2) is 29.1 Å². The lowest BCUT2D eigenvalue weighted by Crippen LogP contribution is -2.54. The van der Waals surface area contributed by atoms with Crippen molar-refractivity contribution in [3.05, 3.63) is 29.7 Å². The van der Waals surface area contributed by atoms with Gasteiger partial charge in [-0.3, -0.25) is 4.99 Å². The Hall–Kier alpha value is -2.41. The first-order valence-electron chi connectivity index (χ1n) is 5.91. The normalized spacial score (nSPS) is 20.9. The monoisotopic (exact) mass is 278 g/mol. The molecule has 7 heteroatoms. The lowest BCUT2D eigenvalue weighted by molar-refractivity contribution is 0.322. The largest absolute Gasteiger partial charge is 0.493 e.